The fourth-order valence-electron chi connectivity index (χ4n) is 3.31. The van der Waals surface area contributed by atoms with Crippen molar-refractivity contribution in [2.24, 2.45) is 5.92 Å². The highest BCUT2D eigenvalue weighted by molar-refractivity contribution is 5.91. The zero-order valence-electron chi connectivity index (χ0n) is 14.6. The van der Waals surface area contributed by atoms with Gasteiger partial charge in [-0.05, 0) is 25.7 Å². The van der Waals surface area contributed by atoms with Crippen molar-refractivity contribution < 1.29 is 4.79 Å². The number of hydrogen-bond acceptors (Lipinski definition) is 4. The van der Waals surface area contributed by atoms with Crippen LogP contribution in [0.2, 0.25) is 0 Å². The zero-order chi connectivity index (χ0) is 16.9. The van der Waals surface area contributed by atoms with Crippen LogP contribution >= 0.6 is 0 Å². The van der Waals surface area contributed by atoms with Crippen LogP contribution in [0.3, 0.4) is 0 Å². The van der Waals surface area contributed by atoms with Crippen LogP contribution in [0.15, 0.2) is 18.6 Å². The molecule has 0 aromatic carbocycles. The number of hydrogen-bond donors (Lipinski definition) is 0. The van der Waals surface area contributed by atoms with Gasteiger partial charge in [-0.25, -0.2) is 4.98 Å². The molecule has 1 aliphatic carbocycles. The first-order valence-corrected chi connectivity index (χ1v) is 8.77. The molecule has 7 nitrogen and oxygen atoms in total. The summed E-state index contributed by atoms with van der Waals surface area (Å²) < 4.78 is 3.86. The Balaban J connectivity index is 1.53. The predicted octanol–water partition coefficient (Wildman–Crippen LogP) is 2.14. The van der Waals surface area contributed by atoms with Gasteiger partial charge in [0, 0.05) is 39.1 Å². The molecule has 0 unspecified atom stereocenters. The number of nitrogens with zero attached hydrogens (tertiary/aromatic N) is 6. The van der Waals surface area contributed by atoms with E-state index in [9.17, 15) is 4.79 Å². The Bertz CT molecular complexity index is 670. The monoisotopic (exact) mass is 330 g/mol. The van der Waals surface area contributed by atoms with Gasteiger partial charge in [0.1, 0.15) is 5.82 Å². The van der Waals surface area contributed by atoms with Gasteiger partial charge in [-0.3, -0.25) is 9.48 Å². The number of aromatic nitrogens is 5. The molecule has 0 bridgehead atoms. The summed E-state index contributed by atoms with van der Waals surface area (Å²) in [5, 5.41) is 8.21. The van der Waals surface area contributed by atoms with Crippen LogP contribution in [0, 0.1) is 12.8 Å². The third-order valence-electron chi connectivity index (χ3n) is 4.87. The molecule has 1 amide bonds. The van der Waals surface area contributed by atoms with Crippen LogP contribution in [0.4, 0.5) is 0 Å². The molecule has 2 aromatic rings. The average molecular weight is 330 g/mol. The lowest BCUT2D eigenvalue weighted by molar-refractivity contribution is 0.0784. The SMILES string of the molecule is Cc1nccn1CCN(C)C(=O)c1cn(CC2CCCCC2)nn1. The number of aryl methyl sites for hydroxylation is 1. The number of carbonyl (C=O) groups is 1. The summed E-state index contributed by atoms with van der Waals surface area (Å²) in [5.74, 6) is 1.54. The lowest BCUT2D eigenvalue weighted by atomic mass is 9.89. The van der Waals surface area contributed by atoms with E-state index in [0.29, 0.717) is 18.2 Å². The number of rotatable bonds is 6. The summed E-state index contributed by atoms with van der Waals surface area (Å²) in [6.45, 7) is 4.17. The van der Waals surface area contributed by atoms with Crippen LogP contribution in [-0.4, -0.2) is 48.9 Å². The fraction of sp³-hybridized carbons (Fsp3) is 0.647. The van der Waals surface area contributed by atoms with Gasteiger partial charge < -0.3 is 9.47 Å². The van der Waals surface area contributed by atoms with E-state index in [1.54, 1.807) is 24.3 Å². The van der Waals surface area contributed by atoms with Crippen LogP contribution in [0.5, 0.6) is 0 Å². The van der Waals surface area contributed by atoms with Gasteiger partial charge in [0.2, 0.25) is 0 Å². The smallest absolute Gasteiger partial charge is 0.275 e. The zero-order valence-corrected chi connectivity index (χ0v) is 14.6. The molecule has 0 spiro atoms. The minimum absolute atomic E-state index is 0.0809. The molecular weight excluding hydrogens is 304 g/mol. The first-order valence-electron chi connectivity index (χ1n) is 8.77. The molecule has 0 aliphatic heterocycles. The van der Waals surface area contributed by atoms with Gasteiger partial charge in [-0.15, -0.1) is 5.10 Å². The number of carbonyl (C=O) groups excluding carboxylic acids is 1. The maximum absolute atomic E-state index is 12.5. The van der Waals surface area contributed by atoms with Crippen molar-refractivity contribution in [1.82, 2.24) is 29.4 Å². The third-order valence-corrected chi connectivity index (χ3v) is 4.87. The molecule has 0 N–H and O–H groups in total. The maximum Gasteiger partial charge on any atom is 0.275 e. The van der Waals surface area contributed by atoms with E-state index >= 15 is 0 Å². The van der Waals surface area contributed by atoms with Crippen molar-refractivity contribution in [3.05, 3.63) is 30.1 Å². The van der Waals surface area contributed by atoms with E-state index in [0.717, 1.165) is 18.9 Å². The number of amides is 1. The quantitative estimate of drug-likeness (QED) is 0.814. The number of imidazole rings is 1. The second kappa shape index (κ2) is 7.59. The summed E-state index contributed by atoms with van der Waals surface area (Å²) in [4.78, 5) is 18.4. The summed E-state index contributed by atoms with van der Waals surface area (Å²) >= 11 is 0. The fourth-order valence-corrected chi connectivity index (χ4v) is 3.31. The lowest BCUT2D eigenvalue weighted by Gasteiger charge is -2.20. The molecule has 3 rings (SSSR count). The summed E-state index contributed by atoms with van der Waals surface area (Å²) in [6, 6.07) is 0. The summed E-state index contributed by atoms with van der Waals surface area (Å²) in [7, 11) is 1.80. The standard InChI is InChI=1S/C17H26N6O/c1-14-18-8-9-22(14)11-10-21(2)17(24)16-13-23(20-19-16)12-15-6-4-3-5-7-15/h8-9,13,15H,3-7,10-12H2,1-2H3. The van der Waals surface area contributed by atoms with E-state index in [1.165, 1.54) is 32.1 Å². The minimum atomic E-state index is -0.0809. The molecular formula is C17H26N6O. The maximum atomic E-state index is 12.5. The Morgan fingerprint density at radius 2 is 2.12 bits per heavy atom. The van der Waals surface area contributed by atoms with Crippen molar-refractivity contribution in [1.29, 1.82) is 0 Å². The lowest BCUT2D eigenvalue weighted by Crippen LogP contribution is -2.30. The topological polar surface area (TPSA) is 68.8 Å². The van der Waals surface area contributed by atoms with Gasteiger partial charge in [0.15, 0.2) is 5.69 Å². The third kappa shape index (κ3) is 4.01. The highest BCUT2D eigenvalue weighted by Gasteiger charge is 2.18. The van der Waals surface area contributed by atoms with E-state index in [4.69, 9.17) is 0 Å². The van der Waals surface area contributed by atoms with Crippen LogP contribution < -0.4 is 0 Å². The van der Waals surface area contributed by atoms with Crippen molar-refractivity contribution >= 4 is 5.91 Å². The highest BCUT2D eigenvalue weighted by atomic mass is 16.2. The molecule has 1 saturated carbocycles. The second-order valence-corrected chi connectivity index (χ2v) is 6.72. The molecule has 1 aliphatic rings. The van der Waals surface area contributed by atoms with Crippen LogP contribution in [0.1, 0.15) is 48.4 Å². The van der Waals surface area contributed by atoms with Gasteiger partial charge in [-0.2, -0.15) is 0 Å². The Labute approximate surface area is 142 Å². The van der Waals surface area contributed by atoms with E-state index in [2.05, 4.69) is 15.3 Å². The van der Waals surface area contributed by atoms with Gasteiger partial charge >= 0.3 is 0 Å². The Morgan fingerprint density at radius 3 is 2.83 bits per heavy atom. The molecule has 0 radical (unpaired) electrons. The predicted molar refractivity (Wildman–Crippen MR) is 90.5 cm³/mol. The van der Waals surface area contributed by atoms with Gasteiger partial charge in [0.05, 0.1) is 6.20 Å². The highest BCUT2D eigenvalue weighted by Crippen LogP contribution is 2.24. The van der Waals surface area contributed by atoms with Gasteiger partial charge in [-0.1, -0.05) is 24.5 Å². The molecule has 0 saturated heterocycles. The Morgan fingerprint density at radius 1 is 1.33 bits per heavy atom. The Kier molecular flexibility index (Phi) is 5.27. The first kappa shape index (κ1) is 16.7. The van der Waals surface area contributed by atoms with Gasteiger partial charge in [0.25, 0.3) is 5.91 Å². The van der Waals surface area contributed by atoms with Crippen LogP contribution in [-0.2, 0) is 13.1 Å². The molecule has 1 fully saturated rings. The first-order chi connectivity index (χ1) is 11.6. The van der Waals surface area contributed by atoms with Crippen molar-refractivity contribution in [2.75, 3.05) is 13.6 Å². The van der Waals surface area contributed by atoms with Crippen molar-refractivity contribution in [3.8, 4) is 0 Å². The molecule has 24 heavy (non-hydrogen) atoms. The van der Waals surface area contributed by atoms with E-state index in [1.807, 2.05) is 22.4 Å². The van der Waals surface area contributed by atoms with Crippen LogP contribution in [0.25, 0.3) is 0 Å². The second-order valence-electron chi connectivity index (χ2n) is 6.72. The summed E-state index contributed by atoms with van der Waals surface area (Å²) in [5.41, 5.74) is 0.427. The van der Waals surface area contributed by atoms with Crippen molar-refractivity contribution in [2.45, 2.75) is 52.1 Å². The molecule has 7 heteroatoms. The molecule has 2 heterocycles. The average Bonchev–Trinajstić information content (AvgIpc) is 3.22. The summed E-state index contributed by atoms with van der Waals surface area (Å²) in [6.07, 6.45) is 12.0. The van der Waals surface area contributed by atoms with E-state index < -0.39 is 0 Å². The minimum Gasteiger partial charge on any atom is -0.338 e. The molecule has 2 aromatic heterocycles. The normalized spacial score (nSPS) is 15.6. The molecule has 0 atom stereocenters. The largest absolute Gasteiger partial charge is 0.338 e. The van der Waals surface area contributed by atoms with Crippen molar-refractivity contribution in [3.63, 3.8) is 0 Å². The number of likely N-dealkylation sites (N-methyl/N-ethyl adjacent to an activating group) is 1. The Hall–Kier alpha value is -2.18. The van der Waals surface area contributed by atoms with E-state index in [-0.39, 0.29) is 5.91 Å². The molecule has 130 valence electrons.